The van der Waals surface area contributed by atoms with E-state index in [1.165, 1.54) is 6.33 Å². The number of primary amides is 1. The molecule has 0 aliphatic rings. The summed E-state index contributed by atoms with van der Waals surface area (Å²) in [6.45, 7) is 6.18. The highest BCUT2D eigenvalue weighted by Gasteiger charge is 2.11. The van der Waals surface area contributed by atoms with Gasteiger partial charge in [0.15, 0.2) is 0 Å². The number of hydrogen-bond donors (Lipinski definition) is 2. The molecular formula is C11H18N4O2. The van der Waals surface area contributed by atoms with Crippen molar-refractivity contribution in [1.82, 2.24) is 9.97 Å². The van der Waals surface area contributed by atoms with Crippen LogP contribution in [0.2, 0.25) is 0 Å². The number of amides is 1. The van der Waals surface area contributed by atoms with Crippen molar-refractivity contribution < 1.29 is 9.53 Å². The summed E-state index contributed by atoms with van der Waals surface area (Å²) in [5, 5.41) is 3.11. The molecule has 3 N–H and O–H groups in total. The van der Waals surface area contributed by atoms with Crippen LogP contribution < -0.4 is 15.8 Å². The minimum Gasteiger partial charge on any atom is -0.478 e. The normalized spacial score (nSPS) is 11.9. The fourth-order valence-electron chi connectivity index (χ4n) is 1.45. The highest BCUT2D eigenvalue weighted by Crippen LogP contribution is 2.21. The lowest BCUT2D eigenvalue weighted by atomic mass is 10.2. The van der Waals surface area contributed by atoms with E-state index in [4.69, 9.17) is 10.5 Å². The van der Waals surface area contributed by atoms with Gasteiger partial charge in [-0.3, -0.25) is 4.79 Å². The maximum absolute atomic E-state index is 10.8. The van der Waals surface area contributed by atoms with Crippen molar-refractivity contribution in [3.63, 3.8) is 0 Å². The lowest BCUT2D eigenvalue weighted by Crippen LogP contribution is -2.24. The minimum absolute atomic E-state index is 0.0735. The highest BCUT2D eigenvalue weighted by molar-refractivity contribution is 5.74. The SMILES string of the molecule is CCOc1ncnc(NC(C)CC(N)=O)c1C. The van der Waals surface area contributed by atoms with E-state index in [0.717, 1.165) is 5.56 Å². The molecule has 0 bridgehead atoms. The summed E-state index contributed by atoms with van der Waals surface area (Å²) < 4.78 is 5.36. The number of nitrogens with zero attached hydrogens (tertiary/aromatic N) is 2. The molecule has 1 atom stereocenters. The molecule has 1 unspecified atom stereocenters. The fraction of sp³-hybridized carbons (Fsp3) is 0.545. The Bertz CT molecular complexity index is 395. The lowest BCUT2D eigenvalue weighted by Gasteiger charge is -2.15. The Morgan fingerprint density at radius 3 is 2.88 bits per heavy atom. The molecule has 1 aromatic heterocycles. The quantitative estimate of drug-likeness (QED) is 0.767. The third-order valence-electron chi connectivity index (χ3n) is 2.21. The molecule has 0 aromatic carbocycles. The highest BCUT2D eigenvalue weighted by atomic mass is 16.5. The van der Waals surface area contributed by atoms with Crippen molar-refractivity contribution in [2.75, 3.05) is 11.9 Å². The van der Waals surface area contributed by atoms with Crippen LogP contribution in [-0.4, -0.2) is 28.5 Å². The van der Waals surface area contributed by atoms with Crippen LogP contribution in [0.4, 0.5) is 5.82 Å². The summed E-state index contributed by atoms with van der Waals surface area (Å²) >= 11 is 0. The molecule has 0 saturated heterocycles. The van der Waals surface area contributed by atoms with E-state index in [9.17, 15) is 4.79 Å². The van der Waals surface area contributed by atoms with Gasteiger partial charge in [-0.15, -0.1) is 0 Å². The van der Waals surface area contributed by atoms with E-state index in [2.05, 4.69) is 15.3 Å². The van der Waals surface area contributed by atoms with Crippen LogP contribution in [-0.2, 0) is 4.79 Å². The number of rotatable bonds is 6. The van der Waals surface area contributed by atoms with Gasteiger partial charge in [0.2, 0.25) is 11.8 Å². The van der Waals surface area contributed by atoms with Crippen molar-refractivity contribution >= 4 is 11.7 Å². The van der Waals surface area contributed by atoms with E-state index in [-0.39, 0.29) is 18.4 Å². The Hall–Kier alpha value is -1.85. The number of hydrogen-bond acceptors (Lipinski definition) is 5. The Balaban J connectivity index is 2.77. The minimum atomic E-state index is -0.346. The Labute approximate surface area is 101 Å². The zero-order chi connectivity index (χ0) is 12.8. The van der Waals surface area contributed by atoms with Crippen LogP contribution in [0.1, 0.15) is 25.8 Å². The van der Waals surface area contributed by atoms with Gasteiger partial charge >= 0.3 is 0 Å². The fourth-order valence-corrected chi connectivity index (χ4v) is 1.45. The first-order valence-electron chi connectivity index (χ1n) is 5.53. The largest absolute Gasteiger partial charge is 0.478 e. The van der Waals surface area contributed by atoms with Crippen molar-refractivity contribution in [2.45, 2.75) is 33.2 Å². The summed E-state index contributed by atoms with van der Waals surface area (Å²) in [6, 6.07) is -0.0735. The topological polar surface area (TPSA) is 90.1 Å². The molecule has 0 saturated carbocycles. The van der Waals surface area contributed by atoms with Gasteiger partial charge in [0, 0.05) is 12.5 Å². The monoisotopic (exact) mass is 238 g/mol. The molecule has 1 heterocycles. The molecule has 1 amide bonds. The average molecular weight is 238 g/mol. The summed E-state index contributed by atoms with van der Waals surface area (Å²) in [4.78, 5) is 18.9. The summed E-state index contributed by atoms with van der Waals surface area (Å²) in [5.74, 6) is 0.871. The van der Waals surface area contributed by atoms with E-state index >= 15 is 0 Å². The van der Waals surface area contributed by atoms with Gasteiger partial charge in [-0.2, -0.15) is 0 Å². The average Bonchev–Trinajstić information content (AvgIpc) is 2.23. The molecule has 1 rings (SSSR count). The maximum Gasteiger partial charge on any atom is 0.221 e. The first-order valence-corrected chi connectivity index (χ1v) is 5.53. The van der Waals surface area contributed by atoms with E-state index in [1.807, 2.05) is 20.8 Å². The predicted molar refractivity (Wildman–Crippen MR) is 64.8 cm³/mol. The third-order valence-corrected chi connectivity index (χ3v) is 2.21. The van der Waals surface area contributed by atoms with Crippen LogP contribution >= 0.6 is 0 Å². The van der Waals surface area contributed by atoms with Crippen molar-refractivity contribution in [3.05, 3.63) is 11.9 Å². The number of carbonyl (C=O) groups excluding carboxylic acids is 1. The summed E-state index contributed by atoms with van der Waals surface area (Å²) in [6.07, 6.45) is 1.69. The standard InChI is InChI=1S/C11H18N4O2/c1-4-17-11-8(3)10(13-6-14-11)15-7(2)5-9(12)16/h6-7H,4-5H2,1-3H3,(H2,12,16)(H,13,14,15). The second kappa shape index (κ2) is 6.03. The third kappa shape index (κ3) is 3.90. The molecule has 0 spiro atoms. The number of aromatic nitrogens is 2. The van der Waals surface area contributed by atoms with Crippen LogP contribution in [0.3, 0.4) is 0 Å². The van der Waals surface area contributed by atoms with Gasteiger partial charge in [-0.05, 0) is 20.8 Å². The second-order valence-corrected chi connectivity index (χ2v) is 3.80. The van der Waals surface area contributed by atoms with E-state index in [0.29, 0.717) is 18.3 Å². The van der Waals surface area contributed by atoms with Crippen molar-refractivity contribution in [1.29, 1.82) is 0 Å². The molecule has 6 heteroatoms. The molecule has 0 radical (unpaired) electrons. The number of nitrogens with two attached hydrogens (primary N) is 1. The molecule has 6 nitrogen and oxygen atoms in total. The van der Waals surface area contributed by atoms with Gasteiger partial charge in [0.05, 0.1) is 12.2 Å². The van der Waals surface area contributed by atoms with Crippen LogP contribution in [0, 0.1) is 6.92 Å². The molecule has 94 valence electrons. The molecule has 17 heavy (non-hydrogen) atoms. The van der Waals surface area contributed by atoms with Gasteiger partial charge < -0.3 is 15.8 Å². The lowest BCUT2D eigenvalue weighted by molar-refractivity contribution is -0.118. The zero-order valence-electron chi connectivity index (χ0n) is 10.4. The molecule has 0 aliphatic heterocycles. The van der Waals surface area contributed by atoms with Crippen molar-refractivity contribution in [3.8, 4) is 5.88 Å². The summed E-state index contributed by atoms with van der Waals surface area (Å²) in [5.41, 5.74) is 5.95. The first kappa shape index (κ1) is 13.2. The zero-order valence-corrected chi connectivity index (χ0v) is 10.4. The number of carbonyl (C=O) groups is 1. The second-order valence-electron chi connectivity index (χ2n) is 3.80. The molecule has 1 aromatic rings. The Morgan fingerprint density at radius 2 is 2.29 bits per heavy atom. The van der Waals surface area contributed by atoms with E-state index in [1.54, 1.807) is 0 Å². The molecular weight excluding hydrogens is 220 g/mol. The van der Waals surface area contributed by atoms with E-state index < -0.39 is 0 Å². The number of ether oxygens (including phenoxy) is 1. The summed E-state index contributed by atoms with van der Waals surface area (Å²) in [7, 11) is 0. The Kier molecular flexibility index (Phi) is 4.68. The van der Waals surface area contributed by atoms with Gasteiger partial charge in [-0.1, -0.05) is 0 Å². The molecule has 0 aliphatic carbocycles. The van der Waals surface area contributed by atoms with Crippen LogP contribution in [0.25, 0.3) is 0 Å². The first-order chi connectivity index (χ1) is 8.04. The smallest absolute Gasteiger partial charge is 0.221 e. The number of nitrogens with one attached hydrogen (secondary N) is 1. The van der Waals surface area contributed by atoms with Crippen LogP contribution in [0.5, 0.6) is 5.88 Å². The maximum atomic E-state index is 10.8. The predicted octanol–water partition coefficient (Wildman–Crippen LogP) is 0.860. The number of anilines is 1. The van der Waals surface area contributed by atoms with Gasteiger partial charge in [0.25, 0.3) is 0 Å². The van der Waals surface area contributed by atoms with Gasteiger partial charge in [-0.25, -0.2) is 9.97 Å². The van der Waals surface area contributed by atoms with Crippen molar-refractivity contribution in [2.24, 2.45) is 5.73 Å². The van der Waals surface area contributed by atoms with Crippen LogP contribution in [0.15, 0.2) is 6.33 Å². The Morgan fingerprint density at radius 1 is 1.59 bits per heavy atom. The molecule has 0 fully saturated rings. The van der Waals surface area contributed by atoms with Gasteiger partial charge in [0.1, 0.15) is 12.1 Å².